The van der Waals surface area contributed by atoms with Crippen molar-refractivity contribution in [2.45, 2.75) is 45.8 Å². The summed E-state index contributed by atoms with van der Waals surface area (Å²) < 4.78 is 5.60. The minimum Gasteiger partial charge on any atom is -0.374 e. The third-order valence-electron chi connectivity index (χ3n) is 2.11. The van der Waals surface area contributed by atoms with Crippen molar-refractivity contribution in [2.75, 3.05) is 6.61 Å². The van der Waals surface area contributed by atoms with Crippen LogP contribution >= 0.6 is 0 Å². The lowest BCUT2D eigenvalue weighted by atomic mass is 9.93. The largest absolute Gasteiger partial charge is 0.374 e. The predicted molar refractivity (Wildman–Crippen MR) is 56.2 cm³/mol. The van der Waals surface area contributed by atoms with Gasteiger partial charge in [0.15, 0.2) is 0 Å². The Bertz CT molecular complexity index is 166. The molecule has 1 atom stereocenters. The highest BCUT2D eigenvalue weighted by molar-refractivity contribution is 4.98. The molecule has 0 amide bonds. The monoisotopic (exact) mass is 186 g/mol. The maximum absolute atomic E-state index is 5.60. The topological polar surface area (TPSA) is 47.3 Å². The Hall–Kier alpha value is -0.380. The molecule has 0 aromatic heterocycles. The summed E-state index contributed by atoms with van der Waals surface area (Å²) in [6.45, 7) is 12.6. The first-order chi connectivity index (χ1) is 5.94. The number of rotatable bonds is 6. The molecule has 0 spiro atoms. The number of hydrogen-bond donors (Lipinski definition) is 2. The van der Waals surface area contributed by atoms with E-state index in [4.69, 9.17) is 10.6 Å². The Balaban J connectivity index is 4.27. The van der Waals surface area contributed by atoms with E-state index in [9.17, 15) is 0 Å². The van der Waals surface area contributed by atoms with Crippen LogP contribution in [0.4, 0.5) is 0 Å². The van der Waals surface area contributed by atoms with Crippen molar-refractivity contribution in [1.29, 1.82) is 0 Å². The highest BCUT2D eigenvalue weighted by Gasteiger charge is 2.28. The normalized spacial score (nSPS) is 14.2. The van der Waals surface area contributed by atoms with E-state index < -0.39 is 0 Å². The van der Waals surface area contributed by atoms with Crippen LogP contribution in [0.25, 0.3) is 0 Å². The van der Waals surface area contributed by atoms with Gasteiger partial charge in [0, 0.05) is 6.61 Å². The van der Waals surface area contributed by atoms with Crippen molar-refractivity contribution in [3.8, 4) is 0 Å². The van der Waals surface area contributed by atoms with E-state index in [-0.39, 0.29) is 11.6 Å². The van der Waals surface area contributed by atoms with Gasteiger partial charge in [-0.15, -0.1) is 6.58 Å². The first-order valence-corrected chi connectivity index (χ1v) is 4.68. The Labute approximate surface area is 81.3 Å². The molecule has 0 saturated carbocycles. The number of ether oxygens (including phenoxy) is 1. The number of nitrogens with two attached hydrogens (primary N) is 1. The lowest BCUT2D eigenvalue weighted by Gasteiger charge is -2.33. The molecular formula is C10H22N2O. The number of hydrogen-bond acceptors (Lipinski definition) is 3. The van der Waals surface area contributed by atoms with E-state index in [2.05, 4.69) is 12.0 Å². The van der Waals surface area contributed by atoms with E-state index >= 15 is 0 Å². The highest BCUT2D eigenvalue weighted by atomic mass is 16.5. The average Bonchev–Trinajstić information content (AvgIpc) is 1.99. The Morgan fingerprint density at radius 3 is 2.46 bits per heavy atom. The molecule has 13 heavy (non-hydrogen) atoms. The molecule has 0 aliphatic rings. The molecule has 78 valence electrons. The van der Waals surface area contributed by atoms with Gasteiger partial charge >= 0.3 is 0 Å². The van der Waals surface area contributed by atoms with Crippen LogP contribution in [0.2, 0.25) is 0 Å². The molecule has 0 aliphatic heterocycles. The van der Waals surface area contributed by atoms with Gasteiger partial charge in [0.2, 0.25) is 0 Å². The number of nitrogens with one attached hydrogen (secondary N) is 1. The molecule has 0 rings (SSSR count). The van der Waals surface area contributed by atoms with Crippen LogP contribution in [-0.4, -0.2) is 18.2 Å². The molecule has 0 aromatic carbocycles. The lowest BCUT2D eigenvalue weighted by molar-refractivity contribution is -0.0380. The molecule has 0 radical (unpaired) electrons. The fourth-order valence-electron chi connectivity index (χ4n) is 1.33. The van der Waals surface area contributed by atoms with Crippen LogP contribution in [0.15, 0.2) is 12.2 Å². The number of hydrazine groups is 1. The molecule has 0 bridgehead atoms. The van der Waals surface area contributed by atoms with Gasteiger partial charge in [-0.3, -0.25) is 11.3 Å². The summed E-state index contributed by atoms with van der Waals surface area (Å²) >= 11 is 0. The van der Waals surface area contributed by atoms with Crippen molar-refractivity contribution < 1.29 is 4.74 Å². The standard InChI is InChI=1S/C10H22N2O/c1-6-13-10(4,5)9(12-11)7-8(2)3/h9,12H,2,6-7,11H2,1,3-5H3. The molecule has 1 unspecified atom stereocenters. The summed E-state index contributed by atoms with van der Waals surface area (Å²) in [5.41, 5.74) is 3.63. The molecule has 0 aromatic rings. The SMILES string of the molecule is C=C(C)CC(NN)C(C)(C)OCC. The fourth-order valence-corrected chi connectivity index (χ4v) is 1.33. The fraction of sp³-hybridized carbons (Fsp3) is 0.800. The van der Waals surface area contributed by atoms with Gasteiger partial charge in [0.05, 0.1) is 11.6 Å². The van der Waals surface area contributed by atoms with E-state index in [1.807, 2.05) is 27.7 Å². The van der Waals surface area contributed by atoms with Crippen LogP contribution in [0, 0.1) is 0 Å². The minimum atomic E-state index is -0.248. The third-order valence-corrected chi connectivity index (χ3v) is 2.11. The van der Waals surface area contributed by atoms with Crippen LogP contribution < -0.4 is 11.3 Å². The second kappa shape index (κ2) is 5.37. The van der Waals surface area contributed by atoms with Crippen molar-refractivity contribution in [2.24, 2.45) is 5.84 Å². The average molecular weight is 186 g/mol. The summed E-state index contributed by atoms with van der Waals surface area (Å²) in [7, 11) is 0. The van der Waals surface area contributed by atoms with Gasteiger partial charge in [0.1, 0.15) is 0 Å². The summed E-state index contributed by atoms with van der Waals surface area (Å²) in [6.07, 6.45) is 0.837. The van der Waals surface area contributed by atoms with Crippen LogP contribution in [-0.2, 0) is 4.74 Å². The molecule has 0 heterocycles. The molecule has 3 heteroatoms. The zero-order valence-electron chi connectivity index (χ0n) is 9.18. The van der Waals surface area contributed by atoms with Crippen molar-refractivity contribution >= 4 is 0 Å². The second-order valence-corrected chi connectivity index (χ2v) is 3.92. The zero-order chi connectivity index (χ0) is 10.5. The van der Waals surface area contributed by atoms with E-state index in [0.29, 0.717) is 6.61 Å². The maximum Gasteiger partial charge on any atom is 0.0795 e. The van der Waals surface area contributed by atoms with Gasteiger partial charge in [-0.25, -0.2) is 0 Å². The first-order valence-electron chi connectivity index (χ1n) is 4.68. The summed E-state index contributed by atoms with van der Waals surface area (Å²) in [5, 5.41) is 0. The third kappa shape index (κ3) is 4.41. The van der Waals surface area contributed by atoms with Gasteiger partial charge in [-0.2, -0.15) is 0 Å². The van der Waals surface area contributed by atoms with Crippen LogP contribution in [0.3, 0.4) is 0 Å². The Morgan fingerprint density at radius 2 is 2.15 bits per heavy atom. The maximum atomic E-state index is 5.60. The summed E-state index contributed by atoms with van der Waals surface area (Å²) in [5.74, 6) is 5.47. The minimum absolute atomic E-state index is 0.116. The first kappa shape index (κ1) is 12.6. The van der Waals surface area contributed by atoms with E-state index in [1.54, 1.807) is 0 Å². The zero-order valence-corrected chi connectivity index (χ0v) is 9.18. The lowest BCUT2D eigenvalue weighted by Crippen LogP contribution is -2.51. The van der Waals surface area contributed by atoms with Crippen molar-refractivity contribution in [3.05, 3.63) is 12.2 Å². The molecule has 3 nitrogen and oxygen atoms in total. The van der Waals surface area contributed by atoms with Gasteiger partial charge < -0.3 is 4.74 Å². The van der Waals surface area contributed by atoms with Gasteiger partial charge in [-0.1, -0.05) is 5.57 Å². The molecular weight excluding hydrogens is 164 g/mol. The van der Waals surface area contributed by atoms with E-state index in [0.717, 1.165) is 12.0 Å². The predicted octanol–water partition coefficient (Wildman–Crippen LogP) is 1.60. The van der Waals surface area contributed by atoms with Crippen molar-refractivity contribution in [1.82, 2.24) is 5.43 Å². The Kier molecular flexibility index (Phi) is 5.21. The molecule has 3 N–H and O–H groups in total. The van der Waals surface area contributed by atoms with Gasteiger partial charge in [-0.05, 0) is 34.1 Å². The summed E-state index contributed by atoms with van der Waals surface area (Å²) in [6, 6.07) is 0.116. The van der Waals surface area contributed by atoms with Crippen LogP contribution in [0.5, 0.6) is 0 Å². The molecule has 0 aliphatic carbocycles. The molecule has 0 fully saturated rings. The smallest absolute Gasteiger partial charge is 0.0795 e. The highest BCUT2D eigenvalue weighted by Crippen LogP contribution is 2.19. The Morgan fingerprint density at radius 1 is 1.62 bits per heavy atom. The van der Waals surface area contributed by atoms with Gasteiger partial charge in [0.25, 0.3) is 0 Å². The van der Waals surface area contributed by atoms with E-state index in [1.165, 1.54) is 0 Å². The second-order valence-electron chi connectivity index (χ2n) is 3.92. The quantitative estimate of drug-likeness (QED) is 0.376. The van der Waals surface area contributed by atoms with Crippen molar-refractivity contribution in [3.63, 3.8) is 0 Å². The molecule has 0 saturated heterocycles. The summed E-state index contributed by atoms with van der Waals surface area (Å²) in [4.78, 5) is 0. The van der Waals surface area contributed by atoms with Crippen LogP contribution in [0.1, 0.15) is 34.1 Å².